The third kappa shape index (κ3) is 2.99. The van der Waals surface area contributed by atoms with Crippen LogP contribution in [0.1, 0.15) is 67.7 Å². The van der Waals surface area contributed by atoms with E-state index in [4.69, 9.17) is 0 Å². The van der Waals surface area contributed by atoms with Crippen LogP contribution >= 0.6 is 0 Å². The fraction of sp³-hybridized carbons (Fsp3) is 0.545. The van der Waals surface area contributed by atoms with Crippen LogP contribution < -0.4 is 0 Å². The van der Waals surface area contributed by atoms with Gasteiger partial charge in [-0.3, -0.25) is 0 Å². The molecule has 2 unspecified atom stereocenters. The Bertz CT molecular complexity index is 716. The second-order valence-electron chi connectivity index (χ2n) is 8.10. The lowest BCUT2D eigenvalue weighted by Crippen LogP contribution is -2.36. The second-order valence-corrected chi connectivity index (χ2v) is 8.10. The molecule has 3 nitrogen and oxygen atoms in total. The Labute approximate surface area is 149 Å². The number of hydrogen-bond acceptors (Lipinski definition) is 3. The number of fused-ring (bicyclic) bond motifs is 3. The van der Waals surface area contributed by atoms with Gasteiger partial charge in [0.15, 0.2) is 0 Å². The molecule has 134 valence electrons. The molecule has 5 atom stereocenters. The molecule has 0 aliphatic heterocycles. The highest BCUT2D eigenvalue weighted by molar-refractivity contribution is 5.46. The smallest absolute Gasteiger partial charge is 0.121 e. The van der Waals surface area contributed by atoms with E-state index in [1.807, 2.05) is 24.3 Å². The average Bonchev–Trinajstić information content (AvgIpc) is 2.61. The standard InChI is InChI=1S/C22H28O3/c1-13(23)19-10-15-11-20(14-6-8-16(24)9-7-14)17-4-2-3-5-18(17)21(15)12-22(19)25/h6,8-10,12-14,17-18,20,23-25H,2-5,7,11H2,1H3/t13?,14?,17-,18+,20-/m0/s1. The SMILES string of the molecule is CC(O)c1cc2c(cc1O)[C@@H]1CCCC[C@@H]1[C@H](C1C=CC(O)=CC1)C2. The van der Waals surface area contributed by atoms with Crippen molar-refractivity contribution in [3.05, 3.63) is 52.8 Å². The Kier molecular flexibility index (Phi) is 4.36. The Morgan fingerprint density at radius 1 is 1.08 bits per heavy atom. The molecule has 4 rings (SSSR count). The van der Waals surface area contributed by atoms with Crippen molar-refractivity contribution < 1.29 is 15.3 Å². The molecular formula is C22H28O3. The minimum absolute atomic E-state index is 0.238. The largest absolute Gasteiger partial charge is 0.508 e. The van der Waals surface area contributed by atoms with Crippen LogP contribution in [0, 0.1) is 17.8 Å². The van der Waals surface area contributed by atoms with Crippen molar-refractivity contribution in [1.29, 1.82) is 0 Å². The maximum absolute atomic E-state index is 10.4. The number of phenolic OH excluding ortho intramolecular Hbond substituents is 1. The maximum Gasteiger partial charge on any atom is 0.121 e. The first-order valence-electron chi connectivity index (χ1n) is 9.65. The molecule has 0 radical (unpaired) electrons. The highest BCUT2D eigenvalue weighted by Crippen LogP contribution is 2.52. The van der Waals surface area contributed by atoms with Crippen LogP contribution in [0.4, 0.5) is 0 Å². The summed E-state index contributed by atoms with van der Waals surface area (Å²) < 4.78 is 0. The van der Waals surface area contributed by atoms with Gasteiger partial charge in [0, 0.05) is 5.56 Å². The number of allylic oxidation sites excluding steroid dienone is 3. The molecule has 0 aromatic heterocycles. The van der Waals surface area contributed by atoms with E-state index < -0.39 is 6.10 Å². The second kappa shape index (κ2) is 6.53. The van der Waals surface area contributed by atoms with Crippen molar-refractivity contribution >= 4 is 0 Å². The van der Waals surface area contributed by atoms with Gasteiger partial charge < -0.3 is 15.3 Å². The van der Waals surface area contributed by atoms with Crippen molar-refractivity contribution in [3.63, 3.8) is 0 Å². The van der Waals surface area contributed by atoms with E-state index in [1.165, 1.54) is 36.8 Å². The van der Waals surface area contributed by atoms with Crippen LogP contribution in [0.15, 0.2) is 36.1 Å². The first-order valence-corrected chi connectivity index (χ1v) is 9.65. The van der Waals surface area contributed by atoms with Gasteiger partial charge >= 0.3 is 0 Å². The number of aliphatic hydroxyl groups is 2. The van der Waals surface area contributed by atoms with Crippen LogP contribution in [0.3, 0.4) is 0 Å². The third-order valence-corrected chi connectivity index (χ3v) is 6.63. The summed E-state index contributed by atoms with van der Waals surface area (Å²) in [6, 6.07) is 3.96. The number of rotatable bonds is 2. The van der Waals surface area contributed by atoms with E-state index in [1.54, 1.807) is 6.92 Å². The van der Waals surface area contributed by atoms with Gasteiger partial charge in [-0.25, -0.2) is 0 Å². The van der Waals surface area contributed by atoms with Crippen LogP contribution in [0.25, 0.3) is 0 Å². The minimum atomic E-state index is -0.651. The summed E-state index contributed by atoms with van der Waals surface area (Å²) in [5, 5.41) is 30.0. The number of aliphatic hydroxyl groups excluding tert-OH is 2. The predicted octanol–water partition coefficient (Wildman–Crippen LogP) is 4.91. The van der Waals surface area contributed by atoms with Gasteiger partial charge in [0.2, 0.25) is 0 Å². The number of benzene rings is 1. The van der Waals surface area contributed by atoms with Crippen LogP contribution in [0.5, 0.6) is 5.75 Å². The van der Waals surface area contributed by atoms with E-state index in [9.17, 15) is 15.3 Å². The van der Waals surface area contributed by atoms with Crippen molar-refractivity contribution in [1.82, 2.24) is 0 Å². The third-order valence-electron chi connectivity index (χ3n) is 6.63. The van der Waals surface area contributed by atoms with Crippen molar-refractivity contribution in [2.45, 2.75) is 57.5 Å². The number of hydrogen-bond donors (Lipinski definition) is 3. The van der Waals surface area contributed by atoms with E-state index in [2.05, 4.69) is 6.08 Å². The van der Waals surface area contributed by atoms with Gasteiger partial charge in [-0.05, 0) is 91.7 Å². The average molecular weight is 340 g/mol. The summed E-state index contributed by atoms with van der Waals surface area (Å²) in [6.45, 7) is 1.71. The van der Waals surface area contributed by atoms with Crippen LogP contribution in [-0.2, 0) is 6.42 Å². The lowest BCUT2D eigenvalue weighted by atomic mass is 9.59. The van der Waals surface area contributed by atoms with Gasteiger partial charge in [0.05, 0.1) is 6.10 Å². The molecule has 1 aromatic rings. The lowest BCUT2D eigenvalue weighted by Gasteiger charge is -2.45. The van der Waals surface area contributed by atoms with Gasteiger partial charge in [-0.15, -0.1) is 0 Å². The summed E-state index contributed by atoms with van der Waals surface area (Å²) >= 11 is 0. The molecule has 0 amide bonds. The van der Waals surface area contributed by atoms with Crippen molar-refractivity contribution in [2.24, 2.45) is 17.8 Å². The summed E-state index contributed by atoms with van der Waals surface area (Å²) in [7, 11) is 0. The minimum Gasteiger partial charge on any atom is -0.508 e. The fourth-order valence-electron chi connectivity index (χ4n) is 5.40. The summed E-state index contributed by atoms with van der Waals surface area (Å²) in [4.78, 5) is 0. The normalized spacial score (nSPS) is 32.5. The molecule has 0 bridgehead atoms. The molecule has 25 heavy (non-hydrogen) atoms. The molecule has 3 N–H and O–H groups in total. The molecule has 1 saturated carbocycles. The van der Waals surface area contributed by atoms with E-state index >= 15 is 0 Å². The van der Waals surface area contributed by atoms with Crippen molar-refractivity contribution in [2.75, 3.05) is 0 Å². The first kappa shape index (κ1) is 16.7. The number of phenols is 1. The lowest BCUT2D eigenvalue weighted by molar-refractivity contribution is 0.154. The molecule has 0 saturated heterocycles. The van der Waals surface area contributed by atoms with Crippen molar-refractivity contribution in [3.8, 4) is 5.75 Å². The summed E-state index contributed by atoms with van der Waals surface area (Å²) in [5.41, 5.74) is 3.25. The Morgan fingerprint density at radius 2 is 1.88 bits per heavy atom. The molecule has 3 heteroatoms. The van der Waals surface area contributed by atoms with E-state index in [0.717, 1.165) is 12.8 Å². The molecule has 1 aromatic carbocycles. The molecule has 3 aliphatic carbocycles. The van der Waals surface area contributed by atoms with E-state index in [-0.39, 0.29) is 5.75 Å². The zero-order valence-electron chi connectivity index (χ0n) is 14.9. The van der Waals surface area contributed by atoms with Gasteiger partial charge in [-0.1, -0.05) is 18.9 Å². The molecule has 1 fully saturated rings. The zero-order valence-corrected chi connectivity index (χ0v) is 14.9. The molecule has 3 aliphatic rings. The topological polar surface area (TPSA) is 60.7 Å². The zero-order chi connectivity index (χ0) is 17.6. The van der Waals surface area contributed by atoms with Crippen LogP contribution in [-0.4, -0.2) is 15.3 Å². The Hall–Kier alpha value is -1.74. The molecular weight excluding hydrogens is 312 g/mol. The highest BCUT2D eigenvalue weighted by atomic mass is 16.3. The Morgan fingerprint density at radius 3 is 2.60 bits per heavy atom. The molecule has 0 spiro atoms. The summed E-state index contributed by atoms with van der Waals surface area (Å²) in [5.74, 6) is 2.84. The monoisotopic (exact) mass is 340 g/mol. The Balaban J connectivity index is 1.72. The van der Waals surface area contributed by atoms with Crippen LogP contribution in [0.2, 0.25) is 0 Å². The predicted molar refractivity (Wildman–Crippen MR) is 98.6 cm³/mol. The summed E-state index contributed by atoms with van der Waals surface area (Å²) in [6.07, 6.45) is 12.2. The van der Waals surface area contributed by atoms with Gasteiger partial charge in [0.1, 0.15) is 11.5 Å². The first-order chi connectivity index (χ1) is 12.0. The highest BCUT2D eigenvalue weighted by Gasteiger charge is 2.41. The molecule has 0 heterocycles. The number of aromatic hydroxyl groups is 1. The van der Waals surface area contributed by atoms with Gasteiger partial charge in [-0.2, -0.15) is 0 Å². The maximum atomic E-state index is 10.4. The quantitative estimate of drug-likeness (QED) is 0.717. The van der Waals surface area contributed by atoms with Gasteiger partial charge in [0.25, 0.3) is 0 Å². The van der Waals surface area contributed by atoms with E-state index in [0.29, 0.717) is 35.0 Å². The fourth-order valence-corrected chi connectivity index (χ4v) is 5.40.